The third kappa shape index (κ3) is 6.98. The van der Waals surface area contributed by atoms with Crippen LogP contribution in [-0.2, 0) is 14.3 Å². The number of ether oxygens (including phenoxy) is 2. The van der Waals surface area contributed by atoms with Crippen molar-refractivity contribution in [1.82, 2.24) is 0 Å². The van der Waals surface area contributed by atoms with Crippen LogP contribution in [0.25, 0.3) is 0 Å². The van der Waals surface area contributed by atoms with Gasteiger partial charge in [0, 0.05) is 6.42 Å². The second-order valence-corrected chi connectivity index (χ2v) is 4.63. The van der Waals surface area contributed by atoms with E-state index in [4.69, 9.17) is 9.84 Å². The van der Waals surface area contributed by atoms with Crippen LogP contribution in [0.15, 0.2) is 12.7 Å². The van der Waals surface area contributed by atoms with Gasteiger partial charge in [0.25, 0.3) is 5.79 Å². The Kier molecular flexibility index (Phi) is 9.34. The summed E-state index contributed by atoms with van der Waals surface area (Å²) in [6, 6.07) is 0. The topological polar surface area (TPSA) is 137 Å². The number of carbonyl (C=O) groups is 1. The molecule has 0 fully saturated rings. The van der Waals surface area contributed by atoms with E-state index < -0.39 is 43.1 Å². The maximum atomic E-state index is 11.5. The number of hydrogen-bond acceptors (Lipinski definition) is 8. The predicted octanol–water partition coefficient (Wildman–Crippen LogP) is -1.70. The molecule has 21 heavy (non-hydrogen) atoms. The zero-order valence-corrected chi connectivity index (χ0v) is 12.0. The summed E-state index contributed by atoms with van der Waals surface area (Å²) in [4.78, 5) is 11.5. The Morgan fingerprint density at radius 1 is 1.29 bits per heavy atom. The molecule has 0 heterocycles. The van der Waals surface area contributed by atoms with Crippen molar-refractivity contribution in [2.24, 2.45) is 0 Å². The molecule has 0 aliphatic carbocycles. The van der Waals surface area contributed by atoms with E-state index in [9.17, 15) is 25.2 Å². The number of rotatable bonds is 11. The summed E-state index contributed by atoms with van der Waals surface area (Å²) >= 11 is 0. The molecule has 4 atom stereocenters. The largest absolute Gasteiger partial charge is 0.465 e. The predicted molar refractivity (Wildman–Crippen MR) is 72.1 cm³/mol. The van der Waals surface area contributed by atoms with Crippen molar-refractivity contribution in [3.8, 4) is 0 Å². The van der Waals surface area contributed by atoms with Crippen LogP contribution >= 0.6 is 0 Å². The summed E-state index contributed by atoms with van der Waals surface area (Å²) in [7, 11) is 1.07. The summed E-state index contributed by atoms with van der Waals surface area (Å²) < 4.78 is 9.34. The Hall–Kier alpha value is -1.03. The number of methoxy groups -OCH3 is 1. The molecule has 0 amide bonds. The molecule has 0 radical (unpaired) electrons. The van der Waals surface area contributed by atoms with Crippen molar-refractivity contribution in [3.63, 3.8) is 0 Å². The summed E-state index contributed by atoms with van der Waals surface area (Å²) in [6.07, 6.45) is -2.90. The molecule has 0 aromatic heterocycles. The van der Waals surface area contributed by atoms with E-state index >= 15 is 0 Å². The number of aliphatic hydroxyl groups is 5. The van der Waals surface area contributed by atoms with E-state index in [0.29, 0.717) is 0 Å². The van der Waals surface area contributed by atoms with E-state index in [2.05, 4.69) is 11.3 Å². The molecule has 5 N–H and O–H groups in total. The first kappa shape index (κ1) is 20.0. The second kappa shape index (κ2) is 9.82. The Morgan fingerprint density at radius 2 is 1.90 bits per heavy atom. The Labute approximate surface area is 123 Å². The van der Waals surface area contributed by atoms with Gasteiger partial charge in [-0.15, -0.1) is 6.58 Å². The number of hydrogen-bond donors (Lipinski definition) is 5. The smallest absolute Gasteiger partial charge is 0.366 e. The molecule has 0 aromatic carbocycles. The third-order valence-electron chi connectivity index (χ3n) is 2.88. The lowest BCUT2D eigenvalue weighted by atomic mass is 10.0. The minimum Gasteiger partial charge on any atom is -0.465 e. The molecule has 0 spiro atoms. The second-order valence-electron chi connectivity index (χ2n) is 4.63. The van der Waals surface area contributed by atoms with Crippen LogP contribution in [0.3, 0.4) is 0 Å². The van der Waals surface area contributed by atoms with E-state index in [1.807, 2.05) is 0 Å². The molecule has 0 rings (SSSR count). The van der Waals surface area contributed by atoms with Gasteiger partial charge in [-0.25, -0.2) is 4.79 Å². The van der Waals surface area contributed by atoms with Gasteiger partial charge in [0.1, 0.15) is 6.10 Å². The lowest BCUT2D eigenvalue weighted by Crippen LogP contribution is -2.45. The summed E-state index contributed by atoms with van der Waals surface area (Å²) in [5, 5.41) is 47.1. The number of aliphatic hydroxyl groups excluding tert-OH is 4. The molecule has 124 valence electrons. The van der Waals surface area contributed by atoms with E-state index in [-0.39, 0.29) is 19.4 Å². The van der Waals surface area contributed by atoms with Gasteiger partial charge in [-0.3, -0.25) is 0 Å². The highest BCUT2D eigenvalue weighted by Gasteiger charge is 2.40. The van der Waals surface area contributed by atoms with Gasteiger partial charge in [-0.1, -0.05) is 6.08 Å². The lowest BCUT2D eigenvalue weighted by molar-refractivity contribution is -0.232. The maximum absolute atomic E-state index is 11.5. The summed E-state index contributed by atoms with van der Waals surface area (Å²) in [5.74, 6) is -3.37. The molecule has 3 unspecified atom stereocenters. The highest BCUT2D eigenvalue weighted by molar-refractivity contribution is 5.77. The minimum atomic E-state index is -2.32. The number of esters is 1. The fourth-order valence-corrected chi connectivity index (χ4v) is 1.66. The minimum absolute atomic E-state index is 0.0189. The first-order valence-electron chi connectivity index (χ1n) is 6.51. The van der Waals surface area contributed by atoms with Crippen LogP contribution in [0.4, 0.5) is 0 Å². The summed E-state index contributed by atoms with van der Waals surface area (Å²) in [6.45, 7) is 2.65. The third-order valence-corrected chi connectivity index (χ3v) is 2.88. The van der Waals surface area contributed by atoms with Crippen molar-refractivity contribution < 1.29 is 39.8 Å². The van der Waals surface area contributed by atoms with E-state index in [1.54, 1.807) is 0 Å². The van der Waals surface area contributed by atoms with Crippen molar-refractivity contribution in [2.75, 3.05) is 20.3 Å². The van der Waals surface area contributed by atoms with Crippen molar-refractivity contribution in [3.05, 3.63) is 12.7 Å². The zero-order chi connectivity index (χ0) is 16.5. The molecule has 0 bridgehead atoms. The SMILES string of the molecule is C=CCOC(O)(CC(O)CC[C@H](O)C(O)CO)C(=O)OC. The quantitative estimate of drug-likeness (QED) is 0.173. The van der Waals surface area contributed by atoms with Crippen molar-refractivity contribution >= 4 is 5.97 Å². The molecule has 0 saturated carbocycles. The monoisotopic (exact) mass is 308 g/mol. The molecular weight excluding hydrogens is 284 g/mol. The highest BCUT2D eigenvalue weighted by Crippen LogP contribution is 2.20. The molecule has 0 aliphatic rings. The molecule has 8 heteroatoms. The maximum Gasteiger partial charge on any atom is 0.366 e. The fourth-order valence-electron chi connectivity index (χ4n) is 1.66. The first-order chi connectivity index (χ1) is 9.80. The molecule has 0 aliphatic heterocycles. The Balaban J connectivity index is 4.49. The normalized spacial score (nSPS) is 18.4. The van der Waals surface area contributed by atoms with Crippen LogP contribution in [-0.4, -0.2) is 75.9 Å². The van der Waals surface area contributed by atoms with Crippen molar-refractivity contribution in [1.29, 1.82) is 0 Å². The van der Waals surface area contributed by atoms with Gasteiger partial charge in [0.05, 0.1) is 32.5 Å². The van der Waals surface area contributed by atoms with E-state index in [1.165, 1.54) is 6.08 Å². The van der Waals surface area contributed by atoms with Crippen LogP contribution in [0.5, 0.6) is 0 Å². The van der Waals surface area contributed by atoms with Crippen LogP contribution in [0.2, 0.25) is 0 Å². The molecule has 0 saturated heterocycles. The van der Waals surface area contributed by atoms with Gasteiger partial charge in [-0.2, -0.15) is 0 Å². The zero-order valence-electron chi connectivity index (χ0n) is 12.0. The van der Waals surface area contributed by atoms with Crippen LogP contribution < -0.4 is 0 Å². The average molecular weight is 308 g/mol. The standard InChI is InChI=1S/C13H24O8/c1-3-6-21-13(19,12(18)20-2)7-9(15)4-5-10(16)11(17)8-14/h3,9-11,14-17,19H,1,4-8H2,2H3/t9?,10-,11?,13?/m0/s1. The average Bonchev–Trinajstić information content (AvgIpc) is 2.48. The van der Waals surface area contributed by atoms with Crippen LogP contribution in [0.1, 0.15) is 19.3 Å². The molecule has 8 nitrogen and oxygen atoms in total. The fraction of sp³-hybridized carbons (Fsp3) is 0.769. The Morgan fingerprint density at radius 3 is 2.38 bits per heavy atom. The molecular formula is C13H24O8. The first-order valence-corrected chi connectivity index (χ1v) is 6.51. The number of carbonyl (C=O) groups excluding carboxylic acids is 1. The van der Waals surface area contributed by atoms with Crippen molar-refractivity contribution in [2.45, 2.75) is 43.4 Å². The lowest BCUT2D eigenvalue weighted by Gasteiger charge is -2.27. The van der Waals surface area contributed by atoms with E-state index in [0.717, 1.165) is 7.11 Å². The summed E-state index contributed by atoms with van der Waals surface area (Å²) in [5.41, 5.74) is 0. The van der Waals surface area contributed by atoms with Gasteiger partial charge in [0.2, 0.25) is 0 Å². The van der Waals surface area contributed by atoms with Gasteiger partial charge in [-0.05, 0) is 12.8 Å². The Bertz CT molecular complexity index is 321. The highest BCUT2D eigenvalue weighted by atomic mass is 16.7. The van der Waals surface area contributed by atoms with Gasteiger partial charge in [0.15, 0.2) is 0 Å². The van der Waals surface area contributed by atoms with Gasteiger partial charge < -0.3 is 35.0 Å². The van der Waals surface area contributed by atoms with Gasteiger partial charge >= 0.3 is 5.97 Å². The van der Waals surface area contributed by atoms with Crippen LogP contribution in [0, 0.1) is 0 Å². The molecule has 0 aromatic rings.